The van der Waals surface area contributed by atoms with Crippen LogP contribution in [0.3, 0.4) is 0 Å². The second-order valence-corrected chi connectivity index (χ2v) is 8.02. The fourth-order valence-electron chi connectivity index (χ4n) is 3.39. The molecule has 0 atom stereocenters. The first kappa shape index (κ1) is 20.8. The summed E-state index contributed by atoms with van der Waals surface area (Å²) < 4.78 is 2.09. The Hall–Kier alpha value is -3.45. The number of nitrogens with zero attached hydrogens (tertiary/aromatic N) is 4. The fraction of sp³-hybridized carbons (Fsp3) is 0.217. The van der Waals surface area contributed by atoms with E-state index in [1.54, 1.807) is 31.6 Å². The van der Waals surface area contributed by atoms with E-state index in [1.165, 1.54) is 0 Å². The molecule has 0 saturated heterocycles. The number of benzene rings is 1. The zero-order valence-electron chi connectivity index (χ0n) is 17.2. The van der Waals surface area contributed by atoms with Crippen LogP contribution < -0.4 is 10.6 Å². The molecule has 0 bridgehead atoms. The maximum absolute atomic E-state index is 12.9. The van der Waals surface area contributed by atoms with Crippen molar-refractivity contribution >= 4 is 29.9 Å². The molecule has 1 aliphatic heterocycles. The predicted octanol–water partition coefficient (Wildman–Crippen LogP) is 4.36. The van der Waals surface area contributed by atoms with E-state index in [-0.39, 0.29) is 5.91 Å². The van der Waals surface area contributed by atoms with Crippen LogP contribution in [-0.2, 0) is 4.79 Å². The molecule has 2 N–H and O–H groups in total. The monoisotopic (exact) mass is 434 g/mol. The molecule has 1 saturated carbocycles. The Labute approximate surface area is 185 Å². The van der Waals surface area contributed by atoms with E-state index in [1.807, 2.05) is 30.3 Å². The van der Waals surface area contributed by atoms with Crippen LogP contribution in [0, 0.1) is 0 Å². The number of aliphatic imine (C=N–C) groups is 1. The normalized spacial score (nSPS) is 16.8. The van der Waals surface area contributed by atoms with Crippen molar-refractivity contribution in [3.8, 4) is 11.4 Å². The summed E-state index contributed by atoms with van der Waals surface area (Å²) in [5.74, 6) is 0.581. The van der Waals surface area contributed by atoms with Gasteiger partial charge in [0.15, 0.2) is 5.82 Å². The van der Waals surface area contributed by atoms with E-state index < -0.39 is 0 Å². The van der Waals surface area contributed by atoms with Crippen molar-refractivity contribution in [3.05, 3.63) is 76.9 Å². The van der Waals surface area contributed by atoms with Crippen LogP contribution in [0.15, 0.2) is 81.9 Å². The van der Waals surface area contributed by atoms with Crippen molar-refractivity contribution in [2.45, 2.75) is 25.8 Å². The van der Waals surface area contributed by atoms with Gasteiger partial charge in [0.05, 0.1) is 0 Å². The summed E-state index contributed by atoms with van der Waals surface area (Å²) >= 11 is 6.03. The number of hydrogen-bond acceptors (Lipinski definition) is 5. The van der Waals surface area contributed by atoms with Gasteiger partial charge < -0.3 is 15.2 Å². The third-order valence-electron chi connectivity index (χ3n) is 4.97. The molecule has 1 amide bonds. The molecule has 2 aliphatic rings. The summed E-state index contributed by atoms with van der Waals surface area (Å²) in [4.78, 5) is 16.7. The second-order valence-electron chi connectivity index (χ2n) is 7.42. The topological polar surface area (TPSA) is 84.2 Å². The quantitative estimate of drug-likeness (QED) is 0.501. The van der Waals surface area contributed by atoms with Crippen LogP contribution in [0.5, 0.6) is 0 Å². The van der Waals surface area contributed by atoms with Crippen LogP contribution in [0.4, 0.5) is 5.69 Å². The van der Waals surface area contributed by atoms with Gasteiger partial charge in [-0.2, -0.15) is 0 Å². The number of aromatic nitrogens is 3. The number of anilines is 1. The van der Waals surface area contributed by atoms with Crippen molar-refractivity contribution in [2.24, 2.45) is 4.99 Å². The fourth-order valence-corrected chi connectivity index (χ4v) is 3.51. The molecule has 158 valence electrons. The largest absolute Gasteiger partial charge is 0.377 e. The molecule has 8 heteroatoms. The van der Waals surface area contributed by atoms with Gasteiger partial charge in [0, 0.05) is 40.6 Å². The highest BCUT2D eigenvalue weighted by atomic mass is 35.5. The predicted molar refractivity (Wildman–Crippen MR) is 124 cm³/mol. The van der Waals surface area contributed by atoms with Gasteiger partial charge in [-0.15, -0.1) is 10.2 Å². The minimum atomic E-state index is -0.233. The zero-order valence-corrected chi connectivity index (χ0v) is 17.9. The lowest BCUT2D eigenvalue weighted by atomic mass is 10.0. The Morgan fingerprint density at radius 3 is 3.00 bits per heavy atom. The van der Waals surface area contributed by atoms with Crippen molar-refractivity contribution in [1.29, 1.82) is 0 Å². The lowest BCUT2D eigenvalue weighted by Gasteiger charge is -2.17. The number of hydrogen-bond donors (Lipinski definition) is 2. The Morgan fingerprint density at radius 1 is 1.42 bits per heavy atom. The molecule has 0 radical (unpaired) electrons. The number of nitrogens with one attached hydrogen (secondary N) is 2. The number of carbonyl (C=O) groups is 1. The van der Waals surface area contributed by atoms with E-state index in [9.17, 15) is 4.79 Å². The van der Waals surface area contributed by atoms with Crippen molar-refractivity contribution in [2.75, 3.05) is 11.9 Å². The highest BCUT2D eigenvalue weighted by Crippen LogP contribution is 2.37. The average molecular weight is 435 g/mol. The number of carbonyl (C=O) groups excluding carboxylic acids is 1. The number of amides is 1. The first-order chi connectivity index (χ1) is 15.0. The van der Waals surface area contributed by atoms with Gasteiger partial charge in [0.1, 0.15) is 12.0 Å². The van der Waals surface area contributed by atoms with Gasteiger partial charge in [0.2, 0.25) is 0 Å². The lowest BCUT2D eigenvalue weighted by molar-refractivity contribution is -0.113. The minimum Gasteiger partial charge on any atom is -0.377 e. The molecular formula is C23H23ClN6O. The molecule has 2 heterocycles. The van der Waals surface area contributed by atoms with E-state index >= 15 is 0 Å². The van der Waals surface area contributed by atoms with Gasteiger partial charge >= 0.3 is 0 Å². The molecule has 1 fully saturated rings. The van der Waals surface area contributed by atoms with Gasteiger partial charge in [-0.1, -0.05) is 29.8 Å². The van der Waals surface area contributed by atoms with E-state index in [0.29, 0.717) is 29.0 Å². The Balaban J connectivity index is 1.53. The zero-order chi connectivity index (χ0) is 21.8. The van der Waals surface area contributed by atoms with Crippen molar-refractivity contribution in [3.63, 3.8) is 0 Å². The summed E-state index contributed by atoms with van der Waals surface area (Å²) in [5, 5.41) is 15.0. The number of allylic oxidation sites excluding steroid dienone is 5. The first-order valence-corrected chi connectivity index (χ1v) is 10.4. The number of halogens is 1. The Kier molecular flexibility index (Phi) is 6.13. The summed E-state index contributed by atoms with van der Waals surface area (Å²) in [6.45, 7) is 5.81. The summed E-state index contributed by atoms with van der Waals surface area (Å²) in [6, 6.07) is 8.11. The van der Waals surface area contributed by atoms with Gasteiger partial charge in [-0.3, -0.25) is 9.79 Å². The van der Waals surface area contributed by atoms with Crippen molar-refractivity contribution in [1.82, 2.24) is 20.1 Å². The van der Waals surface area contributed by atoms with Gasteiger partial charge in [-0.05, 0) is 56.3 Å². The molecule has 2 aromatic rings. The van der Waals surface area contributed by atoms with Crippen LogP contribution in [0.25, 0.3) is 11.4 Å². The van der Waals surface area contributed by atoms with Crippen LogP contribution >= 0.6 is 11.6 Å². The third kappa shape index (κ3) is 5.00. The van der Waals surface area contributed by atoms with Crippen LogP contribution in [0.1, 0.15) is 25.8 Å². The standard InChI is InChI=1S/C23H23ClN6O/c1-15(24)10-18(13-25-2)16-8-9-26-21(12-16)23(31)28-19-5-3-4-17(11-19)22-29-27-14-30(22)20-6-7-20/h3-5,8,10-14,20,26H,2,6-7,9H2,1H3,(H,28,31)/b15-10+,18-13+. The molecule has 7 nitrogen and oxygen atoms in total. The summed E-state index contributed by atoms with van der Waals surface area (Å²) in [6.07, 6.45) is 11.2. The average Bonchev–Trinajstić information content (AvgIpc) is 3.49. The van der Waals surface area contributed by atoms with E-state index in [2.05, 4.69) is 37.1 Å². The molecule has 1 aromatic carbocycles. The van der Waals surface area contributed by atoms with Crippen molar-refractivity contribution < 1.29 is 4.79 Å². The second kappa shape index (κ2) is 9.14. The van der Waals surface area contributed by atoms with Gasteiger partial charge in [-0.25, -0.2) is 0 Å². The smallest absolute Gasteiger partial charge is 0.271 e. The number of dihydropyridines is 1. The Bertz CT molecular complexity index is 1130. The first-order valence-electron chi connectivity index (χ1n) is 10.0. The maximum Gasteiger partial charge on any atom is 0.271 e. The summed E-state index contributed by atoms with van der Waals surface area (Å²) in [7, 11) is 0. The van der Waals surface area contributed by atoms with E-state index in [4.69, 9.17) is 11.6 Å². The lowest BCUT2D eigenvalue weighted by Crippen LogP contribution is -2.28. The SMILES string of the molecule is C=N/C=C(\C=C(/C)Cl)C1=CCNC(C(=O)Nc2cccc(-c3nncn3C3CC3)c2)=C1. The van der Waals surface area contributed by atoms with E-state index in [0.717, 1.165) is 35.4 Å². The minimum absolute atomic E-state index is 0.233. The highest BCUT2D eigenvalue weighted by Gasteiger charge is 2.26. The van der Waals surface area contributed by atoms with Crippen LogP contribution in [0.2, 0.25) is 0 Å². The molecule has 4 rings (SSSR count). The highest BCUT2D eigenvalue weighted by molar-refractivity contribution is 6.29. The summed E-state index contributed by atoms with van der Waals surface area (Å²) in [5.41, 5.74) is 3.70. The molecule has 1 aliphatic carbocycles. The van der Waals surface area contributed by atoms with Gasteiger partial charge in [0.25, 0.3) is 5.91 Å². The maximum atomic E-state index is 12.9. The molecule has 31 heavy (non-hydrogen) atoms. The third-order valence-corrected chi connectivity index (χ3v) is 5.08. The molecule has 0 unspecified atom stereocenters. The Morgan fingerprint density at radius 2 is 2.26 bits per heavy atom. The molecular weight excluding hydrogens is 412 g/mol. The van der Waals surface area contributed by atoms with Crippen LogP contribution in [-0.4, -0.2) is 33.9 Å². The molecule has 1 aromatic heterocycles. The molecule has 0 spiro atoms. The number of rotatable bonds is 7.